The third-order valence-electron chi connectivity index (χ3n) is 8.68. The molecule has 8 nitrogen and oxygen atoms in total. The molecule has 3 N–H and O–H groups in total. The second kappa shape index (κ2) is 10.6. The summed E-state index contributed by atoms with van der Waals surface area (Å²) in [5.74, 6) is -0.350. The largest absolute Gasteiger partial charge is 0.389 e. The number of nitrogens with zero attached hydrogens (tertiary/aromatic N) is 2. The summed E-state index contributed by atoms with van der Waals surface area (Å²) >= 11 is 0. The van der Waals surface area contributed by atoms with E-state index in [0.29, 0.717) is 43.7 Å². The van der Waals surface area contributed by atoms with E-state index in [4.69, 9.17) is 0 Å². The smallest absolute Gasteiger partial charge is 0.251 e. The van der Waals surface area contributed by atoms with Gasteiger partial charge in [0.05, 0.1) is 28.6 Å². The predicted molar refractivity (Wildman–Crippen MR) is 162 cm³/mol. The minimum absolute atomic E-state index is 0.0204. The number of carbonyl (C=O) groups excluding carboxylic acids is 1. The number of hydrogen-bond donors (Lipinski definition) is 3. The average Bonchev–Trinajstić information content (AvgIpc) is 3.62. The molecule has 0 radical (unpaired) electrons. The Morgan fingerprint density at radius 3 is 2.51 bits per heavy atom. The van der Waals surface area contributed by atoms with Crippen molar-refractivity contribution in [2.75, 3.05) is 23.7 Å². The number of rotatable bonds is 9. The van der Waals surface area contributed by atoms with Crippen LogP contribution in [0.15, 0.2) is 79.0 Å². The quantitative estimate of drug-likeness (QED) is 0.283. The molecule has 0 saturated heterocycles. The highest BCUT2D eigenvalue weighted by Gasteiger charge is 2.60. The first-order valence-corrected chi connectivity index (χ1v) is 15.8. The fraction of sp³-hybridized carbons (Fsp3) is 0.344. The maximum atomic E-state index is 13.9. The van der Waals surface area contributed by atoms with Crippen molar-refractivity contribution in [3.63, 3.8) is 0 Å². The zero-order valence-electron chi connectivity index (χ0n) is 23.4. The molecule has 214 valence electrons. The van der Waals surface area contributed by atoms with E-state index < -0.39 is 21.7 Å². The van der Waals surface area contributed by atoms with E-state index in [2.05, 4.69) is 15.2 Å². The molecule has 0 bridgehead atoms. The van der Waals surface area contributed by atoms with E-state index in [0.717, 1.165) is 27.6 Å². The number of hydrogen-bond acceptors (Lipinski definition) is 5. The Labute approximate surface area is 241 Å². The van der Waals surface area contributed by atoms with Crippen molar-refractivity contribution >= 4 is 32.5 Å². The lowest BCUT2D eigenvalue weighted by Crippen LogP contribution is -2.51. The number of carbonyl (C=O) groups is 1. The standard InChI is InChI=1S/C32H36N4O4S/c1-3-36-21-24-14-15-41(39,40)35(2)27-16-25(17-28(36)30(24)27)31(38)34-32(18-26(32)23-12-8-5-9-13-23)29(37)20-33-19-22-10-6-4-7-11-22/h4-13,16-17,21,26,29,33,37H,3,14-15,18-20H2,1-2H3,(H,34,38)/t26?,29-,32?/m1/s1. The van der Waals surface area contributed by atoms with Crippen LogP contribution in [0.2, 0.25) is 0 Å². The number of benzene rings is 3. The van der Waals surface area contributed by atoms with Crippen molar-refractivity contribution in [3.05, 3.63) is 101 Å². The molecule has 9 heteroatoms. The van der Waals surface area contributed by atoms with Crippen molar-refractivity contribution in [2.24, 2.45) is 0 Å². The minimum atomic E-state index is -3.51. The third kappa shape index (κ3) is 5.03. The summed E-state index contributed by atoms with van der Waals surface area (Å²) in [4.78, 5) is 13.9. The van der Waals surface area contributed by atoms with Gasteiger partial charge < -0.3 is 20.3 Å². The molecule has 1 amide bonds. The molecule has 1 aliphatic heterocycles. The molecule has 2 aliphatic rings. The topological polar surface area (TPSA) is 104 Å². The molecule has 3 aromatic carbocycles. The SMILES string of the molecule is CCn1cc2c3c(cc(C(=O)NC4([C@H](O)CNCc5ccccc5)CC4c4ccccc4)cc31)N(C)S(=O)(=O)CC2. The van der Waals surface area contributed by atoms with Gasteiger partial charge in [-0.3, -0.25) is 9.10 Å². The van der Waals surface area contributed by atoms with Gasteiger partial charge in [0.15, 0.2) is 0 Å². The summed E-state index contributed by atoms with van der Waals surface area (Å²) in [6, 6.07) is 23.5. The number of aliphatic hydroxyl groups excluding tert-OH is 1. The lowest BCUT2D eigenvalue weighted by atomic mass is 9.99. The van der Waals surface area contributed by atoms with Gasteiger partial charge in [-0.2, -0.15) is 0 Å². The molecule has 1 aliphatic carbocycles. The maximum absolute atomic E-state index is 13.9. The first kappa shape index (κ1) is 27.5. The van der Waals surface area contributed by atoms with Crippen LogP contribution in [0.1, 0.15) is 46.3 Å². The van der Waals surface area contributed by atoms with Gasteiger partial charge in [-0.25, -0.2) is 8.42 Å². The third-order valence-corrected chi connectivity index (χ3v) is 10.4. The van der Waals surface area contributed by atoms with Crippen molar-refractivity contribution in [1.29, 1.82) is 0 Å². The molecule has 1 saturated carbocycles. The lowest BCUT2D eigenvalue weighted by molar-refractivity contribution is 0.0780. The summed E-state index contributed by atoms with van der Waals surface area (Å²) in [5, 5.41) is 18.9. The van der Waals surface area contributed by atoms with Crippen LogP contribution in [0, 0.1) is 0 Å². The fourth-order valence-corrected chi connectivity index (χ4v) is 7.43. The Morgan fingerprint density at radius 2 is 1.80 bits per heavy atom. The number of aryl methyl sites for hydroxylation is 2. The first-order chi connectivity index (χ1) is 19.7. The summed E-state index contributed by atoms with van der Waals surface area (Å²) in [6.45, 7) is 3.65. The Morgan fingerprint density at radius 1 is 1.10 bits per heavy atom. The molecule has 0 spiro atoms. The number of aromatic nitrogens is 1. The highest BCUT2D eigenvalue weighted by molar-refractivity contribution is 7.92. The van der Waals surface area contributed by atoms with Gasteiger partial charge in [0.1, 0.15) is 0 Å². The van der Waals surface area contributed by atoms with E-state index >= 15 is 0 Å². The molecule has 4 aromatic rings. The number of amides is 1. The Kier molecular flexibility index (Phi) is 7.13. The van der Waals surface area contributed by atoms with Gasteiger partial charge in [0.2, 0.25) is 10.0 Å². The molecule has 1 aromatic heterocycles. The molecule has 6 rings (SSSR count). The van der Waals surface area contributed by atoms with E-state index in [1.807, 2.05) is 79.9 Å². The van der Waals surface area contributed by atoms with E-state index in [1.54, 1.807) is 13.1 Å². The summed E-state index contributed by atoms with van der Waals surface area (Å²) in [7, 11) is -1.96. The Balaban J connectivity index is 1.32. The molecule has 41 heavy (non-hydrogen) atoms. The van der Waals surface area contributed by atoms with E-state index in [-0.39, 0.29) is 17.6 Å². The second-order valence-corrected chi connectivity index (χ2v) is 13.3. The highest BCUT2D eigenvalue weighted by atomic mass is 32.2. The van der Waals surface area contributed by atoms with Crippen LogP contribution >= 0.6 is 0 Å². The molecule has 3 atom stereocenters. The van der Waals surface area contributed by atoms with Crippen LogP contribution in [0.25, 0.3) is 10.9 Å². The fourth-order valence-electron chi connectivity index (χ4n) is 6.23. The Bertz CT molecular complexity index is 1690. The normalized spacial score (nSPS) is 21.8. The number of nitrogens with one attached hydrogen (secondary N) is 2. The summed E-state index contributed by atoms with van der Waals surface area (Å²) in [6.07, 6.45) is 2.20. The zero-order valence-corrected chi connectivity index (χ0v) is 24.2. The van der Waals surface area contributed by atoms with Gasteiger partial charge in [0, 0.05) is 49.7 Å². The molecule has 2 heterocycles. The molecular weight excluding hydrogens is 536 g/mol. The minimum Gasteiger partial charge on any atom is -0.389 e. The van der Waals surface area contributed by atoms with Crippen molar-refractivity contribution in [2.45, 2.75) is 50.4 Å². The predicted octanol–water partition coefficient (Wildman–Crippen LogP) is 3.79. The molecule has 2 unspecified atom stereocenters. The van der Waals surface area contributed by atoms with Gasteiger partial charge in [0.25, 0.3) is 5.91 Å². The maximum Gasteiger partial charge on any atom is 0.251 e. The summed E-state index contributed by atoms with van der Waals surface area (Å²) in [5.41, 5.74) is 4.03. The van der Waals surface area contributed by atoms with Gasteiger partial charge in [-0.05, 0) is 48.6 Å². The number of sulfonamides is 1. The van der Waals surface area contributed by atoms with Crippen LogP contribution < -0.4 is 14.9 Å². The van der Waals surface area contributed by atoms with E-state index in [9.17, 15) is 18.3 Å². The number of anilines is 1. The number of aliphatic hydroxyl groups is 1. The highest BCUT2D eigenvalue weighted by Crippen LogP contribution is 2.53. The van der Waals surface area contributed by atoms with Crippen LogP contribution in [0.4, 0.5) is 5.69 Å². The second-order valence-electron chi connectivity index (χ2n) is 11.2. The lowest BCUT2D eigenvalue weighted by Gasteiger charge is -2.27. The van der Waals surface area contributed by atoms with E-state index in [1.165, 1.54) is 4.31 Å². The van der Waals surface area contributed by atoms with Crippen molar-refractivity contribution in [3.8, 4) is 0 Å². The Hall–Kier alpha value is -3.66. The van der Waals surface area contributed by atoms with Crippen LogP contribution in [0.5, 0.6) is 0 Å². The van der Waals surface area contributed by atoms with Crippen LogP contribution in [0.3, 0.4) is 0 Å². The van der Waals surface area contributed by atoms with Crippen LogP contribution in [-0.4, -0.2) is 55.0 Å². The van der Waals surface area contributed by atoms with Gasteiger partial charge >= 0.3 is 0 Å². The van der Waals surface area contributed by atoms with Crippen molar-refractivity contribution in [1.82, 2.24) is 15.2 Å². The van der Waals surface area contributed by atoms with Gasteiger partial charge in [-0.15, -0.1) is 0 Å². The van der Waals surface area contributed by atoms with Crippen molar-refractivity contribution < 1.29 is 18.3 Å². The van der Waals surface area contributed by atoms with Crippen LogP contribution in [-0.2, 0) is 29.5 Å². The molecular formula is C32H36N4O4S. The monoisotopic (exact) mass is 572 g/mol. The van der Waals surface area contributed by atoms with Gasteiger partial charge in [-0.1, -0.05) is 60.7 Å². The zero-order chi connectivity index (χ0) is 28.8. The summed E-state index contributed by atoms with van der Waals surface area (Å²) < 4.78 is 29.3. The average molecular weight is 573 g/mol. The first-order valence-electron chi connectivity index (χ1n) is 14.2. The molecule has 1 fully saturated rings.